The van der Waals surface area contributed by atoms with E-state index in [1.807, 2.05) is 0 Å². The highest BCUT2D eigenvalue weighted by molar-refractivity contribution is 5.97. The van der Waals surface area contributed by atoms with Gasteiger partial charge in [0.1, 0.15) is 6.04 Å². The Morgan fingerprint density at radius 1 is 1.26 bits per heavy atom. The molecule has 2 amide bonds. The number of hydrogen-bond donors (Lipinski definition) is 2. The Kier molecular flexibility index (Phi) is 5.53. The molecule has 6 heteroatoms. The minimum absolute atomic E-state index is 0.162. The van der Waals surface area contributed by atoms with Gasteiger partial charge in [-0.3, -0.25) is 9.59 Å². The smallest absolute Gasteiger partial charge is 0.329 e. The first-order valence-corrected chi connectivity index (χ1v) is 5.85. The van der Waals surface area contributed by atoms with Crippen LogP contribution in [0.2, 0.25) is 0 Å². The molecule has 0 aromatic heterocycles. The van der Waals surface area contributed by atoms with Crippen LogP contribution in [-0.4, -0.2) is 30.4 Å². The number of ether oxygens (including phenoxy) is 1. The number of carbonyl (C=O) groups is 3. The number of nitrogens with one attached hydrogen (secondary N) is 1. The number of hydrogen-bond acceptors (Lipinski definition) is 4. The topological polar surface area (TPSA) is 98.5 Å². The van der Waals surface area contributed by atoms with Gasteiger partial charge in [0.05, 0.1) is 13.0 Å². The van der Waals surface area contributed by atoms with Gasteiger partial charge in [-0.2, -0.15) is 0 Å². The lowest BCUT2D eigenvalue weighted by atomic mass is 10.1. The van der Waals surface area contributed by atoms with Crippen molar-refractivity contribution in [2.45, 2.75) is 19.4 Å². The van der Waals surface area contributed by atoms with Gasteiger partial charge in [0.2, 0.25) is 5.91 Å². The van der Waals surface area contributed by atoms with Gasteiger partial charge in [0.15, 0.2) is 0 Å². The molecule has 0 aliphatic carbocycles. The predicted octanol–water partition coefficient (Wildman–Crippen LogP) is 0.224. The second-order valence-corrected chi connectivity index (χ2v) is 3.81. The highest BCUT2D eigenvalue weighted by Gasteiger charge is 2.24. The van der Waals surface area contributed by atoms with Gasteiger partial charge in [-0.05, 0) is 19.1 Å². The van der Waals surface area contributed by atoms with Crippen LogP contribution in [0.3, 0.4) is 0 Å². The molecule has 0 bridgehead atoms. The van der Waals surface area contributed by atoms with Gasteiger partial charge in [0, 0.05) is 5.56 Å². The lowest BCUT2D eigenvalue weighted by molar-refractivity contribution is -0.146. The van der Waals surface area contributed by atoms with Crippen molar-refractivity contribution < 1.29 is 19.1 Å². The third-order valence-corrected chi connectivity index (χ3v) is 2.32. The van der Waals surface area contributed by atoms with Crippen LogP contribution in [0.4, 0.5) is 0 Å². The van der Waals surface area contributed by atoms with Gasteiger partial charge in [-0.15, -0.1) is 0 Å². The molecule has 0 saturated carbocycles. The predicted molar refractivity (Wildman–Crippen MR) is 68.1 cm³/mol. The fraction of sp³-hybridized carbons (Fsp3) is 0.308. The molecule has 0 fully saturated rings. The van der Waals surface area contributed by atoms with Crippen LogP contribution >= 0.6 is 0 Å². The van der Waals surface area contributed by atoms with E-state index in [1.165, 1.54) is 0 Å². The van der Waals surface area contributed by atoms with Crippen molar-refractivity contribution in [1.29, 1.82) is 0 Å². The molecule has 0 saturated heterocycles. The Bertz CT molecular complexity index is 459. The average Bonchev–Trinajstić information content (AvgIpc) is 2.38. The van der Waals surface area contributed by atoms with E-state index in [4.69, 9.17) is 10.5 Å². The number of nitrogens with two attached hydrogens (primary N) is 1. The molecule has 1 rings (SSSR count). The monoisotopic (exact) mass is 264 g/mol. The first-order chi connectivity index (χ1) is 9.04. The summed E-state index contributed by atoms with van der Waals surface area (Å²) in [6.07, 6.45) is -0.294. The first kappa shape index (κ1) is 14.7. The lowest BCUT2D eigenvalue weighted by Crippen LogP contribution is -2.44. The summed E-state index contributed by atoms with van der Waals surface area (Å²) in [6, 6.07) is 7.29. The summed E-state index contributed by atoms with van der Waals surface area (Å²) in [5.74, 6) is -1.82. The van der Waals surface area contributed by atoms with Gasteiger partial charge >= 0.3 is 5.97 Å². The fourth-order valence-electron chi connectivity index (χ4n) is 1.47. The summed E-state index contributed by atoms with van der Waals surface area (Å²) in [7, 11) is 0. The molecule has 0 spiro atoms. The largest absolute Gasteiger partial charge is 0.464 e. The SMILES string of the molecule is CCOC(=O)[C@H](CC(N)=O)NC(=O)c1ccccc1. The van der Waals surface area contributed by atoms with E-state index in [1.54, 1.807) is 37.3 Å². The molecule has 1 aromatic carbocycles. The Morgan fingerprint density at radius 3 is 2.42 bits per heavy atom. The van der Waals surface area contributed by atoms with Crippen molar-refractivity contribution in [3.05, 3.63) is 35.9 Å². The number of rotatable bonds is 6. The zero-order valence-corrected chi connectivity index (χ0v) is 10.6. The summed E-state index contributed by atoms with van der Waals surface area (Å²) in [4.78, 5) is 34.4. The Labute approximate surface area is 110 Å². The molecular formula is C13H16N2O4. The van der Waals surface area contributed by atoms with Crippen LogP contribution in [0.15, 0.2) is 30.3 Å². The summed E-state index contributed by atoms with van der Waals surface area (Å²) >= 11 is 0. The molecule has 6 nitrogen and oxygen atoms in total. The summed E-state index contributed by atoms with van der Waals surface area (Å²) in [5.41, 5.74) is 5.43. The van der Waals surface area contributed by atoms with Gasteiger partial charge in [-0.25, -0.2) is 4.79 Å². The summed E-state index contributed by atoms with van der Waals surface area (Å²) in [5, 5.41) is 2.43. The van der Waals surface area contributed by atoms with Crippen molar-refractivity contribution >= 4 is 17.8 Å². The molecule has 1 atom stereocenters. The van der Waals surface area contributed by atoms with Crippen LogP contribution < -0.4 is 11.1 Å². The standard InChI is InChI=1S/C13H16N2O4/c1-2-19-13(18)10(8-11(14)16)15-12(17)9-6-4-3-5-7-9/h3-7,10H,2,8H2,1H3,(H2,14,16)(H,15,17)/t10-/m0/s1. The van der Waals surface area contributed by atoms with Gasteiger partial charge < -0.3 is 15.8 Å². The minimum atomic E-state index is -1.06. The first-order valence-electron chi connectivity index (χ1n) is 5.85. The molecule has 0 aliphatic rings. The van der Waals surface area contributed by atoms with Gasteiger partial charge in [-0.1, -0.05) is 18.2 Å². The summed E-state index contributed by atoms with van der Waals surface area (Å²) in [6.45, 7) is 1.80. The van der Waals surface area contributed by atoms with Crippen LogP contribution in [0.1, 0.15) is 23.7 Å². The molecular weight excluding hydrogens is 248 g/mol. The number of esters is 1. The third kappa shape index (κ3) is 4.79. The number of amides is 2. The number of benzene rings is 1. The fourth-order valence-corrected chi connectivity index (χ4v) is 1.47. The van der Waals surface area contributed by atoms with Crippen molar-refractivity contribution in [1.82, 2.24) is 5.32 Å². The highest BCUT2D eigenvalue weighted by Crippen LogP contribution is 2.02. The van der Waals surface area contributed by atoms with E-state index in [-0.39, 0.29) is 13.0 Å². The van der Waals surface area contributed by atoms with Crippen LogP contribution in [0, 0.1) is 0 Å². The van der Waals surface area contributed by atoms with Crippen LogP contribution in [-0.2, 0) is 14.3 Å². The van der Waals surface area contributed by atoms with E-state index >= 15 is 0 Å². The zero-order valence-electron chi connectivity index (χ0n) is 10.6. The maximum Gasteiger partial charge on any atom is 0.329 e. The lowest BCUT2D eigenvalue weighted by Gasteiger charge is -2.15. The molecule has 0 radical (unpaired) electrons. The van der Waals surface area contributed by atoms with Gasteiger partial charge in [0.25, 0.3) is 5.91 Å². The van der Waals surface area contributed by atoms with E-state index in [2.05, 4.69) is 5.32 Å². The molecule has 1 aromatic rings. The van der Waals surface area contributed by atoms with E-state index in [0.717, 1.165) is 0 Å². The number of primary amides is 1. The van der Waals surface area contributed by atoms with Crippen molar-refractivity contribution in [3.8, 4) is 0 Å². The average molecular weight is 264 g/mol. The molecule has 0 heterocycles. The Hall–Kier alpha value is -2.37. The number of carbonyl (C=O) groups excluding carboxylic acids is 3. The maximum absolute atomic E-state index is 11.9. The van der Waals surface area contributed by atoms with E-state index in [9.17, 15) is 14.4 Å². The normalized spacial score (nSPS) is 11.4. The minimum Gasteiger partial charge on any atom is -0.464 e. The van der Waals surface area contributed by atoms with E-state index in [0.29, 0.717) is 5.56 Å². The molecule has 19 heavy (non-hydrogen) atoms. The maximum atomic E-state index is 11.9. The highest BCUT2D eigenvalue weighted by atomic mass is 16.5. The molecule has 0 unspecified atom stereocenters. The van der Waals surface area contributed by atoms with Crippen molar-refractivity contribution in [2.75, 3.05) is 6.61 Å². The van der Waals surface area contributed by atoms with Crippen molar-refractivity contribution in [3.63, 3.8) is 0 Å². The Morgan fingerprint density at radius 2 is 1.89 bits per heavy atom. The molecule has 102 valence electrons. The van der Waals surface area contributed by atoms with Crippen molar-refractivity contribution in [2.24, 2.45) is 5.73 Å². The third-order valence-electron chi connectivity index (χ3n) is 2.32. The summed E-state index contributed by atoms with van der Waals surface area (Å²) < 4.78 is 4.78. The van der Waals surface area contributed by atoms with Crippen LogP contribution in [0.5, 0.6) is 0 Å². The molecule has 0 aliphatic heterocycles. The second kappa shape index (κ2) is 7.15. The zero-order chi connectivity index (χ0) is 14.3. The second-order valence-electron chi connectivity index (χ2n) is 3.81. The van der Waals surface area contributed by atoms with E-state index < -0.39 is 23.8 Å². The molecule has 3 N–H and O–H groups in total. The van der Waals surface area contributed by atoms with Crippen LogP contribution in [0.25, 0.3) is 0 Å². The quantitative estimate of drug-likeness (QED) is 0.718. The Balaban J connectivity index is 2.74.